The van der Waals surface area contributed by atoms with Gasteiger partial charge in [0.25, 0.3) is 0 Å². The molecular formula is C41H28N2O2S. The van der Waals surface area contributed by atoms with Crippen LogP contribution in [0.2, 0.25) is 0 Å². The molecule has 0 amide bonds. The number of aromatic nitrogens is 2. The molecule has 0 N–H and O–H groups in total. The van der Waals surface area contributed by atoms with Crippen LogP contribution in [0.15, 0.2) is 149 Å². The largest absolute Gasteiger partial charge is 0.294 e. The Morgan fingerprint density at radius 3 is 1.70 bits per heavy atom. The topological polar surface area (TPSA) is 52.0 Å². The van der Waals surface area contributed by atoms with Gasteiger partial charge in [0.05, 0.1) is 26.5 Å². The van der Waals surface area contributed by atoms with Crippen LogP contribution in [0.25, 0.3) is 71.6 Å². The van der Waals surface area contributed by atoms with E-state index < -0.39 is 9.84 Å². The molecule has 46 heavy (non-hydrogen) atoms. The van der Waals surface area contributed by atoms with Crippen molar-refractivity contribution in [2.24, 2.45) is 0 Å². The average molecular weight is 613 g/mol. The van der Waals surface area contributed by atoms with E-state index in [2.05, 4.69) is 103 Å². The summed E-state index contributed by atoms with van der Waals surface area (Å²) >= 11 is 0. The predicted molar refractivity (Wildman–Crippen MR) is 187 cm³/mol. The summed E-state index contributed by atoms with van der Waals surface area (Å²) in [6, 6.07) is 47.5. The Kier molecular flexibility index (Phi) is 5.83. The molecule has 2 heterocycles. The van der Waals surface area contributed by atoms with E-state index in [0.29, 0.717) is 32.9 Å². The van der Waals surface area contributed by atoms with Gasteiger partial charge in [-0.3, -0.25) is 4.57 Å². The van der Waals surface area contributed by atoms with Gasteiger partial charge < -0.3 is 0 Å². The van der Waals surface area contributed by atoms with Crippen molar-refractivity contribution < 1.29 is 8.42 Å². The monoisotopic (exact) mass is 612 g/mol. The van der Waals surface area contributed by atoms with E-state index in [1.54, 1.807) is 12.1 Å². The number of hydrogen-bond donors (Lipinski definition) is 0. The minimum absolute atomic E-state index is 0.315. The minimum Gasteiger partial charge on any atom is -0.294 e. The Morgan fingerprint density at radius 2 is 1.09 bits per heavy atom. The molecule has 8 aromatic rings. The number of nitrogens with zero attached hydrogens (tertiary/aromatic N) is 2. The molecule has 0 bridgehead atoms. The van der Waals surface area contributed by atoms with Crippen molar-refractivity contribution in [1.82, 2.24) is 9.55 Å². The Labute approximate surface area is 267 Å². The molecule has 0 radical (unpaired) electrons. The van der Waals surface area contributed by atoms with Crippen molar-refractivity contribution in [2.75, 3.05) is 0 Å². The van der Waals surface area contributed by atoms with Crippen molar-refractivity contribution >= 4 is 42.4 Å². The van der Waals surface area contributed by atoms with Crippen LogP contribution in [-0.4, -0.2) is 18.0 Å². The minimum atomic E-state index is -3.72. The van der Waals surface area contributed by atoms with Gasteiger partial charge >= 0.3 is 0 Å². The zero-order chi connectivity index (χ0) is 31.0. The molecule has 7 aromatic carbocycles. The van der Waals surface area contributed by atoms with Gasteiger partial charge in [-0.25, -0.2) is 13.4 Å². The lowest BCUT2D eigenvalue weighted by Gasteiger charge is -2.21. The van der Waals surface area contributed by atoms with Gasteiger partial charge in [-0.1, -0.05) is 122 Å². The molecule has 1 aromatic heterocycles. The average Bonchev–Trinajstić information content (AvgIpc) is 3.49. The molecule has 0 atom stereocenters. The van der Waals surface area contributed by atoms with Gasteiger partial charge in [0.15, 0.2) is 0 Å². The van der Waals surface area contributed by atoms with E-state index in [-0.39, 0.29) is 0 Å². The van der Waals surface area contributed by atoms with Crippen LogP contribution < -0.4 is 0 Å². The molecule has 0 fully saturated rings. The predicted octanol–water partition coefficient (Wildman–Crippen LogP) is 10.0. The summed E-state index contributed by atoms with van der Waals surface area (Å²) in [6.45, 7) is 2.05. The second-order valence-corrected chi connectivity index (χ2v) is 13.7. The molecule has 0 spiro atoms. The Bertz CT molecular complexity index is 2560. The van der Waals surface area contributed by atoms with Crippen LogP contribution in [0.1, 0.15) is 12.7 Å². The maximum Gasteiger partial charge on any atom is 0.210 e. The van der Waals surface area contributed by atoms with Gasteiger partial charge in [-0.2, -0.15) is 0 Å². The maximum absolute atomic E-state index is 13.9. The molecule has 1 aliphatic rings. The van der Waals surface area contributed by atoms with Crippen molar-refractivity contribution in [3.63, 3.8) is 0 Å². The molecular weight excluding hydrogens is 585 g/mol. The lowest BCUT2D eigenvalue weighted by atomic mass is 9.86. The molecule has 5 heteroatoms. The molecule has 0 saturated carbocycles. The molecule has 0 unspecified atom stereocenters. The quantitative estimate of drug-likeness (QED) is 0.186. The van der Waals surface area contributed by atoms with Gasteiger partial charge in [-0.05, 0) is 79.2 Å². The van der Waals surface area contributed by atoms with E-state index in [4.69, 9.17) is 4.98 Å². The summed E-state index contributed by atoms with van der Waals surface area (Å²) in [6.07, 6.45) is 0.701. The van der Waals surface area contributed by atoms with Crippen LogP contribution in [0.4, 0.5) is 0 Å². The third-order valence-corrected chi connectivity index (χ3v) is 11.1. The van der Waals surface area contributed by atoms with Gasteiger partial charge in [0.1, 0.15) is 5.82 Å². The summed E-state index contributed by atoms with van der Waals surface area (Å²) in [7, 11) is -3.72. The number of hydrogen-bond acceptors (Lipinski definition) is 3. The smallest absolute Gasteiger partial charge is 0.210 e. The highest BCUT2D eigenvalue weighted by atomic mass is 32.2. The summed E-state index contributed by atoms with van der Waals surface area (Å²) in [5, 5.41) is 4.83. The van der Waals surface area contributed by atoms with E-state index in [1.165, 1.54) is 38.2 Å². The number of para-hydroxylation sites is 1. The highest BCUT2D eigenvalue weighted by Crippen LogP contribution is 2.45. The van der Waals surface area contributed by atoms with Crippen LogP contribution in [0.3, 0.4) is 0 Å². The van der Waals surface area contributed by atoms with Gasteiger partial charge in [-0.15, -0.1) is 0 Å². The molecule has 9 rings (SSSR count). The van der Waals surface area contributed by atoms with Crippen molar-refractivity contribution in [1.29, 1.82) is 0 Å². The van der Waals surface area contributed by atoms with Crippen molar-refractivity contribution in [3.05, 3.63) is 145 Å². The first-order valence-electron chi connectivity index (χ1n) is 15.5. The van der Waals surface area contributed by atoms with Crippen LogP contribution in [0.5, 0.6) is 0 Å². The SMILES string of the molecule is CCc1nc2cccc3c2n1-c1ccc(-c2ccc(-c4c5ccccc5c(-c5ccccc5)c5ccccc45)cc2)cc1S3(=O)=O. The Morgan fingerprint density at radius 1 is 0.543 bits per heavy atom. The zero-order valence-corrected chi connectivity index (χ0v) is 25.9. The standard InChI is InChI=1S/C41H28N2O2S/c1-2-38-42-34-17-10-18-36-41(34)43(38)35-24-23-29(25-37(35)46(36,44)45)26-19-21-28(22-20-26)40-32-15-8-6-13-30(32)39(27-11-4-3-5-12-27)31-14-7-9-16-33(31)40/h3-25H,2H2,1H3. The van der Waals surface area contributed by atoms with Crippen LogP contribution in [0, 0.1) is 0 Å². The van der Waals surface area contributed by atoms with Crippen LogP contribution >= 0.6 is 0 Å². The number of fused-ring (bicyclic) bond motifs is 4. The fourth-order valence-corrected chi connectivity index (χ4v) is 8.92. The zero-order valence-electron chi connectivity index (χ0n) is 25.1. The lowest BCUT2D eigenvalue weighted by molar-refractivity contribution is 0.594. The maximum atomic E-state index is 13.9. The second kappa shape index (κ2) is 9.99. The summed E-state index contributed by atoms with van der Waals surface area (Å²) in [5.41, 5.74) is 8.60. The lowest BCUT2D eigenvalue weighted by Crippen LogP contribution is -2.16. The van der Waals surface area contributed by atoms with Gasteiger partial charge in [0, 0.05) is 6.42 Å². The summed E-state index contributed by atoms with van der Waals surface area (Å²) < 4.78 is 29.9. The molecule has 0 saturated heterocycles. The summed E-state index contributed by atoms with van der Waals surface area (Å²) in [4.78, 5) is 5.38. The number of aryl methyl sites for hydroxylation is 1. The van der Waals surface area contributed by atoms with E-state index in [9.17, 15) is 8.42 Å². The fraction of sp³-hybridized carbons (Fsp3) is 0.0488. The number of imidazole rings is 1. The van der Waals surface area contributed by atoms with Gasteiger partial charge in [0.2, 0.25) is 9.84 Å². The van der Waals surface area contributed by atoms with Crippen molar-refractivity contribution in [2.45, 2.75) is 23.1 Å². The first-order valence-corrected chi connectivity index (χ1v) is 17.0. The normalized spacial score (nSPS) is 13.3. The Balaban J connectivity index is 1.20. The van der Waals surface area contributed by atoms with Crippen LogP contribution in [-0.2, 0) is 16.3 Å². The number of benzene rings is 7. The van der Waals surface area contributed by atoms with E-state index in [1.807, 2.05) is 35.8 Å². The first kappa shape index (κ1) is 26.8. The highest BCUT2D eigenvalue weighted by molar-refractivity contribution is 7.92. The second-order valence-electron chi connectivity index (χ2n) is 11.8. The molecule has 0 aliphatic carbocycles. The van der Waals surface area contributed by atoms with Crippen molar-refractivity contribution in [3.8, 4) is 39.1 Å². The third-order valence-electron chi connectivity index (χ3n) is 9.31. The number of sulfone groups is 1. The Hall–Kier alpha value is -5.52. The fourth-order valence-electron chi connectivity index (χ4n) is 7.25. The summed E-state index contributed by atoms with van der Waals surface area (Å²) in [5.74, 6) is 0.855. The highest BCUT2D eigenvalue weighted by Gasteiger charge is 2.33. The molecule has 1 aliphatic heterocycles. The first-order chi connectivity index (χ1) is 22.5. The van der Waals surface area contributed by atoms with E-state index >= 15 is 0 Å². The third kappa shape index (κ3) is 3.79. The van der Waals surface area contributed by atoms with E-state index in [0.717, 1.165) is 22.5 Å². The number of rotatable bonds is 4. The molecule has 220 valence electrons. The molecule has 4 nitrogen and oxygen atoms in total.